The highest BCUT2D eigenvalue weighted by atomic mass is 16.1. The Kier molecular flexibility index (Phi) is 4.51. The molecule has 0 fully saturated rings. The molecule has 0 spiro atoms. The average Bonchev–Trinajstić information content (AvgIpc) is 3.79. The molecule has 0 unspecified atom stereocenters. The molecule has 6 aromatic carbocycles. The number of hydrogen-bond donors (Lipinski definition) is 0. The smallest absolute Gasteiger partial charge is 0.310 e. The minimum absolute atomic E-state index is 0.0568. The second kappa shape index (κ2) is 8.34. The van der Waals surface area contributed by atoms with Crippen LogP contribution in [0.25, 0.3) is 71.6 Å². The summed E-state index contributed by atoms with van der Waals surface area (Å²) < 4.78 is 9.06. The monoisotopic (exact) mass is 604 g/mol. The largest absolute Gasteiger partial charge is 0.357 e. The highest BCUT2D eigenvalue weighted by molar-refractivity contribution is 6.89. The van der Waals surface area contributed by atoms with E-state index in [2.05, 4.69) is 156 Å². The fourth-order valence-corrected chi connectivity index (χ4v) is 8.64. The number of rotatable bonds is 1. The third-order valence-corrected chi connectivity index (χ3v) is 10.7. The van der Waals surface area contributed by atoms with Crippen molar-refractivity contribution in [2.24, 2.45) is 0 Å². The maximum absolute atomic E-state index is 14.7. The van der Waals surface area contributed by atoms with Crippen molar-refractivity contribution in [1.29, 1.82) is 0 Å². The number of aromatic nitrogens is 4. The Morgan fingerprint density at radius 2 is 1.26 bits per heavy atom. The molecule has 2 aliphatic heterocycles. The van der Waals surface area contributed by atoms with Crippen LogP contribution in [-0.4, -0.2) is 25.3 Å². The lowest BCUT2D eigenvalue weighted by molar-refractivity contribution is 0.591. The summed E-state index contributed by atoms with van der Waals surface area (Å²) in [4.78, 5) is 14.7. The first-order chi connectivity index (χ1) is 22.9. The maximum atomic E-state index is 14.7. The summed E-state index contributed by atoms with van der Waals surface area (Å²) >= 11 is 0. The van der Waals surface area contributed by atoms with Crippen molar-refractivity contribution in [3.8, 4) is 17.1 Å². The van der Waals surface area contributed by atoms with Crippen LogP contribution in [-0.2, 0) is 5.41 Å². The summed E-state index contributed by atoms with van der Waals surface area (Å²) in [6, 6.07) is 43.7. The van der Waals surface area contributed by atoms with Crippen LogP contribution in [0, 0.1) is 0 Å². The molecule has 0 bridgehead atoms. The van der Waals surface area contributed by atoms with E-state index in [4.69, 9.17) is 0 Å². The van der Waals surface area contributed by atoms with E-state index >= 15 is 0 Å². The summed E-state index contributed by atoms with van der Waals surface area (Å²) in [5, 5.41) is 5.62. The zero-order valence-corrected chi connectivity index (χ0v) is 26.3. The molecule has 0 saturated carbocycles. The molecule has 0 radical (unpaired) electrons. The molecule has 5 heterocycles. The molecule has 47 heavy (non-hydrogen) atoms. The van der Waals surface area contributed by atoms with Crippen molar-refractivity contribution in [3.63, 3.8) is 0 Å². The topological polar surface area (TPSA) is 36.8 Å². The van der Waals surface area contributed by atoms with E-state index in [-0.39, 0.29) is 17.8 Å². The van der Waals surface area contributed by atoms with Gasteiger partial charge in [0.05, 0.1) is 38.7 Å². The predicted molar refractivity (Wildman–Crippen MR) is 195 cm³/mol. The predicted octanol–water partition coefficient (Wildman–Crippen LogP) is 7.56. The normalized spacial score (nSPS) is 13.5. The molecule has 3 aromatic heterocycles. The van der Waals surface area contributed by atoms with Gasteiger partial charge in [-0.1, -0.05) is 93.6 Å². The van der Waals surface area contributed by atoms with E-state index in [1.165, 1.54) is 49.1 Å². The molecule has 0 N–H and O–H groups in total. The van der Waals surface area contributed by atoms with Gasteiger partial charge in [-0.3, -0.25) is 14.1 Å². The molecule has 0 atom stereocenters. The van der Waals surface area contributed by atoms with Gasteiger partial charge in [-0.2, -0.15) is 0 Å². The quantitative estimate of drug-likeness (QED) is 0.178. The molecule has 5 nitrogen and oxygen atoms in total. The highest BCUT2D eigenvalue weighted by Gasteiger charge is 2.44. The van der Waals surface area contributed by atoms with Gasteiger partial charge in [0.2, 0.25) is 0 Å². The van der Waals surface area contributed by atoms with Crippen molar-refractivity contribution < 1.29 is 0 Å². The van der Waals surface area contributed by atoms with E-state index in [0.29, 0.717) is 0 Å². The molecular formula is C41H29BN4O. The average molecular weight is 605 g/mol. The standard InChI is InChI=1S/C41H29BN4O/c1-41(2,3)24-17-19-34-30(21-24)40(47)46-42-31-22-29-27-14-8-9-15-32(27)43(25-11-5-4-6-12-25)36(29)23-37(31)44-33-16-10-7-13-26(33)28-18-20-35(45(34)46)38(42)39(28)44/h4-23H,1-3H3. The van der Waals surface area contributed by atoms with Gasteiger partial charge >= 0.3 is 6.85 Å². The molecular weight excluding hydrogens is 575 g/mol. The van der Waals surface area contributed by atoms with Gasteiger partial charge in [-0.15, -0.1) is 0 Å². The number of benzene rings is 6. The SMILES string of the molecule is CC(C)(C)c1ccc2c(c1)c(=O)n1n2-c2ccc3c4ccccc4n4c3c2B1c1cc2c3ccccc3n(-c3ccccc3)c2cc1-4. The second-order valence-corrected chi connectivity index (χ2v) is 14.2. The van der Waals surface area contributed by atoms with E-state index in [0.717, 1.165) is 38.9 Å². The van der Waals surface area contributed by atoms with E-state index in [1.807, 2.05) is 4.59 Å². The van der Waals surface area contributed by atoms with Crippen molar-refractivity contribution in [2.45, 2.75) is 26.2 Å². The van der Waals surface area contributed by atoms with Crippen LogP contribution < -0.4 is 16.5 Å². The number of fused-ring (bicyclic) bond motifs is 14. The zero-order valence-electron chi connectivity index (χ0n) is 26.3. The summed E-state index contributed by atoms with van der Waals surface area (Å²) in [5.74, 6) is 0. The Labute approximate surface area is 270 Å². The van der Waals surface area contributed by atoms with Gasteiger partial charge in [0.25, 0.3) is 5.56 Å². The van der Waals surface area contributed by atoms with E-state index in [1.54, 1.807) is 0 Å². The Bertz CT molecular complexity index is 2910. The number of hydrogen-bond acceptors (Lipinski definition) is 1. The lowest BCUT2D eigenvalue weighted by atomic mass is 9.49. The first kappa shape index (κ1) is 25.4. The van der Waals surface area contributed by atoms with Crippen LogP contribution in [0.5, 0.6) is 0 Å². The van der Waals surface area contributed by atoms with Crippen LogP contribution in [0.4, 0.5) is 0 Å². The van der Waals surface area contributed by atoms with Crippen LogP contribution in [0.3, 0.4) is 0 Å². The van der Waals surface area contributed by atoms with E-state index < -0.39 is 0 Å². The lowest BCUT2D eigenvalue weighted by Crippen LogP contribution is -2.53. The molecule has 222 valence electrons. The van der Waals surface area contributed by atoms with Gasteiger partial charge in [0, 0.05) is 38.4 Å². The van der Waals surface area contributed by atoms with Crippen molar-refractivity contribution in [3.05, 3.63) is 137 Å². The van der Waals surface area contributed by atoms with Crippen molar-refractivity contribution in [2.75, 3.05) is 0 Å². The summed E-state index contributed by atoms with van der Waals surface area (Å²) in [6.45, 7) is 6.36. The molecule has 0 aliphatic carbocycles. The number of nitrogens with zero attached hydrogens (tertiary/aromatic N) is 4. The van der Waals surface area contributed by atoms with Gasteiger partial charge in [-0.25, -0.2) is 0 Å². The first-order valence-corrected chi connectivity index (χ1v) is 16.4. The van der Waals surface area contributed by atoms with Crippen LogP contribution in [0.1, 0.15) is 26.3 Å². The van der Waals surface area contributed by atoms with Crippen LogP contribution in [0.2, 0.25) is 0 Å². The minimum Gasteiger partial charge on any atom is -0.310 e. The summed E-state index contributed by atoms with van der Waals surface area (Å²) in [7, 11) is 0. The minimum atomic E-state index is -0.248. The molecule has 11 rings (SSSR count). The maximum Gasteiger partial charge on any atom is 0.357 e. The second-order valence-electron chi connectivity index (χ2n) is 14.2. The van der Waals surface area contributed by atoms with Gasteiger partial charge in [0.15, 0.2) is 0 Å². The third kappa shape index (κ3) is 2.99. The highest BCUT2D eigenvalue weighted by Crippen LogP contribution is 2.40. The Morgan fingerprint density at radius 3 is 2.02 bits per heavy atom. The first-order valence-electron chi connectivity index (χ1n) is 16.4. The fraction of sp³-hybridized carbons (Fsp3) is 0.0976. The zero-order chi connectivity index (χ0) is 31.3. The fourth-order valence-electron chi connectivity index (χ4n) is 8.64. The number of para-hydroxylation sites is 3. The third-order valence-electron chi connectivity index (χ3n) is 10.7. The summed E-state index contributed by atoms with van der Waals surface area (Å²) in [6.07, 6.45) is 0. The van der Waals surface area contributed by atoms with Gasteiger partial charge < -0.3 is 9.13 Å². The van der Waals surface area contributed by atoms with Crippen molar-refractivity contribution >= 4 is 72.3 Å². The van der Waals surface area contributed by atoms with Crippen LogP contribution in [0.15, 0.2) is 126 Å². The van der Waals surface area contributed by atoms with E-state index in [9.17, 15) is 4.79 Å². The summed E-state index contributed by atoms with van der Waals surface area (Å²) in [5.41, 5.74) is 12.5. The Morgan fingerprint density at radius 1 is 0.553 bits per heavy atom. The van der Waals surface area contributed by atoms with Crippen LogP contribution >= 0.6 is 0 Å². The van der Waals surface area contributed by atoms with Crippen molar-refractivity contribution in [1.82, 2.24) is 18.4 Å². The molecule has 0 amide bonds. The molecule has 0 saturated heterocycles. The molecule has 2 aliphatic rings. The lowest BCUT2D eigenvalue weighted by Gasteiger charge is -2.24. The molecule has 9 aromatic rings. The Hall–Kier alpha value is -5.75. The van der Waals surface area contributed by atoms with Gasteiger partial charge in [-0.05, 0) is 65.0 Å². The molecule has 6 heteroatoms. The Balaban J connectivity index is 1.34. The van der Waals surface area contributed by atoms with Gasteiger partial charge in [0.1, 0.15) is 0 Å².